The first-order valence-corrected chi connectivity index (χ1v) is 6.89. The summed E-state index contributed by atoms with van der Waals surface area (Å²) in [6.45, 7) is 2.18. The van der Waals surface area contributed by atoms with Gasteiger partial charge in [-0.25, -0.2) is 0 Å². The minimum absolute atomic E-state index is 0.0917. The van der Waals surface area contributed by atoms with Crippen LogP contribution >= 0.6 is 23.2 Å². The van der Waals surface area contributed by atoms with Crippen molar-refractivity contribution in [3.63, 3.8) is 0 Å². The van der Waals surface area contributed by atoms with Crippen LogP contribution in [-0.4, -0.2) is 5.78 Å². The van der Waals surface area contributed by atoms with Gasteiger partial charge in [-0.3, -0.25) is 4.79 Å². The first-order valence-electron chi connectivity index (χ1n) is 6.14. The number of Topliss-reactive ketones (excluding diaryl/α,β-unsaturated/α-hetero) is 1. The van der Waals surface area contributed by atoms with Crippen molar-refractivity contribution in [2.24, 2.45) is 0 Å². The Bertz CT molecular complexity index is 374. The Balaban J connectivity index is 2.44. The zero-order chi connectivity index (χ0) is 12.7. The van der Waals surface area contributed by atoms with Crippen LogP contribution in [0.15, 0.2) is 18.2 Å². The number of rotatable bonds is 7. The monoisotopic (exact) mass is 272 g/mol. The maximum absolute atomic E-state index is 11.9. The maximum Gasteiger partial charge on any atom is 0.164 e. The van der Waals surface area contributed by atoms with Crippen LogP contribution in [0.2, 0.25) is 10.0 Å². The Morgan fingerprint density at radius 2 is 1.82 bits per heavy atom. The minimum atomic E-state index is 0.0917. The number of ketones is 1. The molecule has 0 spiro atoms. The molecular weight excluding hydrogens is 255 g/mol. The van der Waals surface area contributed by atoms with Crippen LogP contribution in [0.5, 0.6) is 0 Å². The fourth-order valence-corrected chi connectivity index (χ4v) is 2.15. The third kappa shape index (κ3) is 4.69. The lowest BCUT2D eigenvalue weighted by Crippen LogP contribution is -2.00. The Kier molecular flexibility index (Phi) is 6.61. The fraction of sp³-hybridized carbons (Fsp3) is 0.500. The average molecular weight is 273 g/mol. The van der Waals surface area contributed by atoms with Gasteiger partial charge in [0.1, 0.15) is 0 Å². The van der Waals surface area contributed by atoms with Crippen molar-refractivity contribution in [2.75, 3.05) is 0 Å². The molecule has 3 heteroatoms. The number of hydrogen-bond donors (Lipinski definition) is 0. The van der Waals surface area contributed by atoms with E-state index in [0.717, 1.165) is 12.8 Å². The molecule has 17 heavy (non-hydrogen) atoms. The Morgan fingerprint density at radius 3 is 2.53 bits per heavy atom. The van der Waals surface area contributed by atoms with E-state index in [1.165, 1.54) is 19.3 Å². The Morgan fingerprint density at radius 1 is 1.12 bits per heavy atom. The Hall–Kier alpha value is -0.530. The van der Waals surface area contributed by atoms with E-state index in [1.807, 2.05) is 0 Å². The van der Waals surface area contributed by atoms with E-state index in [0.29, 0.717) is 22.0 Å². The molecule has 0 unspecified atom stereocenters. The number of halogens is 2. The number of hydrogen-bond acceptors (Lipinski definition) is 1. The van der Waals surface area contributed by atoms with Gasteiger partial charge in [-0.1, -0.05) is 61.9 Å². The van der Waals surface area contributed by atoms with Crippen molar-refractivity contribution < 1.29 is 4.79 Å². The largest absolute Gasteiger partial charge is 0.294 e. The van der Waals surface area contributed by atoms with Crippen molar-refractivity contribution in [2.45, 2.75) is 45.4 Å². The molecule has 1 rings (SSSR count). The molecule has 0 aliphatic carbocycles. The number of benzene rings is 1. The molecule has 0 bridgehead atoms. The summed E-state index contributed by atoms with van der Waals surface area (Å²) in [5.74, 6) is 0.0917. The quantitative estimate of drug-likeness (QED) is 0.471. The molecule has 0 amide bonds. The van der Waals surface area contributed by atoms with Crippen LogP contribution < -0.4 is 0 Å². The second-order valence-electron chi connectivity index (χ2n) is 4.19. The van der Waals surface area contributed by atoms with Crippen LogP contribution in [-0.2, 0) is 0 Å². The van der Waals surface area contributed by atoms with E-state index in [2.05, 4.69) is 6.92 Å². The lowest BCUT2D eigenvalue weighted by Gasteiger charge is -2.04. The van der Waals surface area contributed by atoms with Gasteiger partial charge in [0.2, 0.25) is 0 Å². The average Bonchev–Trinajstić information content (AvgIpc) is 2.32. The molecule has 1 aromatic rings. The second kappa shape index (κ2) is 7.73. The zero-order valence-electron chi connectivity index (χ0n) is 10.1. The highest BCUT2D eigenvalue weighted by Crippen LogP contribution is 2.26. The van der Waals surface area contributed by atoms with E-state index in [-0.39, 0.29) is 5.78 Å². The topological polar surface area (TPSA) is 17.1 Å². The molecule has 0 saturated carbocycles. The van der Waals surface area contributed by atoms with E-state index in [1.54, 1.807) is 18.2 Å². The first kappa shape index (κ1) is 14.5. The summed E-state index contributed by atoms with van der Waals surface area (Å²) < 4.78 is 0. The molecular formula is C14H18Cl2O. The van der Waals surface area contributed by atoms with Crippen LogP contribution in [0.4, 0.5) is 0 Å². The summed E-state index contributed by atoms with van der Waals surface area (Å²) in [5.41, 5.74) is 0.551. The molecule has 1 aromatic carbocycles. The van der Waals surface area contributed by atoms with Crippen molar-refractivity contribution in [1.29, 1.82) is 0 Å². The molecule has 0 radical (unpaired) electrons. The standard InChI is InChI=1S/C14H18Cl2O/c1-2-3-4-5-6-10-13(17)11-8-7-9-12(15)14(11)16/h7-9H,2-6,10H2,1H3. The summed E-state index contributed by atoms with van der Waals surface area (Å²) in [7, 11) is 0. The third-order valence-electron chi connectivity index (χ3n) is 2.76. The normalized spacial score (nSPS) is 10.5. The number of carbonyl (C=O) groups is 1. The molecule has 0 aromatic heterocycles. The van der Waals surface area contributed by atoms with Crippen molar-refractivity contribution >= 4 is 29.0 Å². The first-order chi connectivity index (χ1) is 8.16. The van der Waals surface area contributed by atoms with E-state index >= 15 is 0 Å². The van der Waals surface area contributed by atoms with E-state index in [9.17, 15) is 4.79 Å². The van der Waals surface area contributed by atoms with Crippen molar-refractivity contribution in [3.8, 4) is 0 Å². The predicted octanol–water partition coefficient (Wildman–Crippen LogP) is 5.54. The van der Waals surface area contributed by atoms with Crippen molar-refractivity contribution in [3.05, 3.63) is 33.8 Å². The van der Waals surface area contributed by atoms with Gasteiger partial charge in [0.25, 0.3) is 0 Å². The molecule has 0 atom stereocenters. The second-order valence-corrected chi connectivity index (χ2v) is 4.97. The smallest absolute Gasteiger partial charge is 0.164 e. The molecule has 0 saturated heterocycles. The lowest BCUT2D eigenvalue weighted by molar-refractivity contribution is 0.0979. The summed E-state index contributed by atoms with van der Waals surface area (Å²) in [4.78, 5) is 11.9. The summed E-state index contributed by atoms with van der Waals surface area (Å²) >= 11 is 11.9. The molecule has 0 fully saturated rings. The van der Waals surface area contributed by atoms with E-state index < -0.39 is 0 Å². The molecule has 0 N–H and O–H groups in total. The van der Waals surface area contributed by atoms with Crippen LogP contribution in [0.1, 0.15) is 55.8 Å². The third-order valence-corrected chi connectivity index (χ3v) is 3.58. The van der Waals surface area contributed by atoms with Gasteiger partial charge in [0, 0.05) is 12.0 Å². The Labute approximate surface area is 113 Å². The van der Waals surface area contributed by atoms with Gasteiger partial charge in [-0.05, 0) is 18.6 Å². The highest BCUT2D eigenvalue weighted by atomic mass is 35.5. The fourth-order valence-electron chi connectivity index (χ4n) is 1.74. The van der Waals surface area contributed by atoms with Crippen molar-refractivity contribution in [1.82, 2.24) is 0 Å². The lowest BCUT2D eigenvalue weighted by atomic mass is 10.0. The molecule has 1 nitrogen and oxygen atoms in total. The maximum atomic E-state index is 11.9. The minimum Gasteiger partial charge on any atom is -0.294 e. The zero-order valence-corrected chi connectivity index (χ0v) is 11.7. The molecule has 94 valence electrons. The van der Waals surface area contributed by atoms with Gasteiger partial charge in [0.05, 0.1) is 10.0 Å². The SMILES string of the molecule is CCCCCCCC(=O)c1cccc(Cl)c1Cl. The summed E-state index contributed by atoms with van der Waals surface area (Å²) in [5, 5.41) is 0.830. The predicted molar refractivity (Wildman–Crippen MR) is 74.2 cm³/mol. The van der Waals surface area contributed by atoms with Gasteiger partial charge < -0.3 is 0 Å². The summed E-state index contributed by atoms with van der Waals surface area (Å²) in [6, 6.07) is 5.20. The number of unbranched alkanes of at least 4 members (excludes halogenated alkanes) is 4. The van der Waals surface area contributed by atoms with Gasteiger partial charge in [-0.15, -0.1) is 0 Å². The van der Waals surface area contributed by atoms with Gasteiger partial charge >= 0.3 is 0 Å². The number of carbonyl (C=O) groups excluding carboxylic acids is 1. The van der Waals surface area contributed by atoms with E-state index in [4.69, 9.17) is 23.2 Å². The molecule has 0 aliphatic rings. The highest BCUT2D eigenvalue weighted by molar-refractivity contribution is 6.43. The van der Waals surface area contributed by atoms with Crippen LogP contribution in [0.25, 0.3) is 0 Å². The van der Waals surface area contributed by atoms with Gasteiger partial charge in [-0.2, -0.15) is 0 Å². The molecule has 0 aliphatic heterocycles. The van der Waals surface area contributed by atoms with Crippen LogP contribution in [0, 0.1) is 0 Å². The highest BCUT2D eigenvalue weighted by Gasteiger charge is 2.11. The molecule has 0 heterocycles. The summed E-state index contributed by atoms with van der Waals surface area (Å²) in [6.07, 6.45) is 6.26. The van der Waals surface area contributed by atoms with Crippen LogP contribution in [0.3, 0.4) is 0 Å². The van der Waals surface area contributed by atoms with Gasteiger partial charge in [0.15, 0.2) is 5.78 Å².